The van der Waals surface area contributed by atoms with E-state index in [-0.39, 0.29) is 16.0 Å². The van der Waals surface area contributed by atoms with Gasteiger partial charge in [-0.1, -0.05) is 77.9 Å². The van der Waals surface area contributed by atoms with Crippen molar-refractivity contribution in [2.24, 2.45) is 10.5 Å². The van der Waals surface area contributed by atoms with Crippen molar-refractivity contribution < 1.29 is 4.79 Å². The zero-order valence-electron chi connectivity index (χ0n) is 15.3. The fourth-order valence-corrected chi connectivity index (χ4v) is 3.00. The zero-order valence-corrected chi connectivity index (χ0v) is 16.8. The molecule has 0 radical (unpaired) electrons. The molecule has 0 fully saturated rings. The number of anilines is 1. The van der Waals surface area contributed by atoms with Gasteiger partial charge in [0.15, 0.2) is 5.69 Å². The summed E-state index contributed by atoms with van der Waals surface area (Å²) in [6, 6.07) is 14.2. The second-order valence-electron chi connectivity index (χ2n) is 7.23. The molecule has 0 aliphatic carbocycles. The van der Waals surface area contributed by atoms with Crippen LogP contribution in [0, 0.1) is 5.41 Å². The molecule has 0 bridgehead atoms. The van der Waals surface area contributed by atoms with Crippen LogP contribution in [0.5, 0.6) is 0 Å². The number of carbonyl (C=O) groups is 1. The molecular weight excluding hydrogens is 383 g/mol. The molecule has 140 valence electrons. The summed E-state index contributed by atoms with van der Waals surface area (Å²) in [6.45, 7) is 6.18. The van der Waals surface area contributed by atoms with E-state index in [0.717, 1.165) is 11.4 Å². The van der Waals surface area contributed by atoms with Gasteiger partial charge in [-0.3, -0.25) is 5.43 Å². The summed E-state index contributed by atoms with van der Waals surface area (Å²) >= 11 is 12.2. The average Bonchev–Trinajstić information content (AvgIpc) is 3.11. The van der Waals surface area contributed by atoms with E-state index in [1.807, 2.05) is 36.4 Å². The second kappa shape index (κ2) is 7.35. The Morgan fingerprint density at radius 3 is 2.37 bits per heavy atom. The maximum Gasteiger partial charge on any atom is 0.471 e. The maximum atomic E-state index is 13.2. The number of rotatable bonds is 3. The predicted octanol–water partition coefficient (Wildman–Crippen LogP) is 5.97. The number of para-hydroxylation sites is 1. The van der Waals surface area contributed by atoms with E-state index in [0.29, 0.717) is 15.7 Å². The number of nitrogens with zero attached hydrogens (tertiary/aromatic N) is 2. The lowest BCUT2D eigenvalue weighted by Gasteiger charge is -2.24. The molecule has 3 rings (SSSR count). The van der Waals surface area contributed by atoms with E-state index in [1.54, 1.807) is 24.4 Å². The molecule has 2 aromatic carbocycles. The van der Waals surface area contributed by atoms with Crippen LogP contribution in [0.25, 0.3) is 0 Å². The first-order valence-electron chi connectivity index (χ1n) is 8.49. The summed E-state index contributed by atoms with van der Waals surface area (Å²) in [6.07, 6.45) is 3.66. The quantitative estimate of drug-likeness (QED) is 0.489. The van der Waals surface area contributed by atoms with E-state index in [1.165, 1.54) is 0 Å². The molecule has 1 unspecified atom stereocenters. The molecule has 5 nitrogen and oxygen atoms in total. The molecule has 1 aliphatic rings. The molecule has 0 saturated heterocycles. The topological polar surface area (TPSA) is 53.5 Å². The first kappa shape index (κ1) is 19.4. The normalized spacial score (nSPS) is 18.9. The fraction of sp³-hybridized carbons (Fsp3) is 0.200. The SMILES string of the molecule is CC(C)(C)C1=N[N+](C(=O)NNc2cccc(Cl)c2Cl)(c2ccccc2)C=C1. The van der Waals surface area contributed by atoms with Crippen molar-refractivity contribution in [3.63, 3.8) is 0 Å². The van der Waals surface area contributed by atoms with Crippen LogP contribution >= 0.6 is 23.2 Å². The smallest absolute Gasteiger partial charge is 0.292 e. The van der Waals surface area contributed by atoms with Crippen molar-refractivity contribution in [1.82, 2.24) is 10.0 Å². The summed E-state index contributed by atoms with van der Waals surface area (Å²) in [5.74, 6) is 0. The van der Waals surface area contributed by atoms with Gasteiger partial charge in [0, 0.05) is 23.6 Å². The Balaban J connectivity index is 1.93. The van der Waals surface area contributed by atoms with Gasteiger partial charge in [-0.2, -0.15) is 0 Å². The number of benzene rings is 2. The van der Waals surface area contributed by atoms with Gasteiger partial charge in [-0.05, 0) is 12.1 Å². The van der Waals surface area contributed by atoms with Gasteiger partial charge in [0.05, 0.1) is 15.7 Å². The van der Waals surface area contributed by atoms with Crippen molar-refractivity contribution in [3.05, 3.63) is 70.9 Å². The van der Waals surface area contributed by atoms with Crippen LogP contribution in [0.2, 0.25) is 10.0 Å². The molecule has 0 aromatic heterocycles. The third kappa shape index (κ3) is 3.86. The lowest BCUT2D eigenvalue weighted by molar-refractivity contribution is 0.219. The number of hydrogen-bond acceptors (Lipinski definition) is 3. The zero-order chi connectivity index (χ0) is 19.7. The number of urea groups is 1. The Kier molecular flexibility index (Phi) is 5.29. The molecule has 1 atom stereocenters. The molecule has 1 heterocycles. The highest BCUT2D eigenvalue weighted by molar-refractivity contribution is 6.43. The Hall–Kier alpha value is -2.34. The first-order valence-corrected chi connectivity index (χ1v) is 9.24. The molecule has 2 N–H and O–H groups in total. The Bertz CT molecular complexity index is 919. The largest absolute Gasteiger partial charge is 0.471 e. The standard InChI is InChI=1S/C20H20Cl2N4O/c1-20(2,3)17-12-13-26(25-17,14-8-5-4-6-9-14)19(27)24-23-16-11-7-10-15(21)18(16)22/h4-13,23H,1-3H3/p+1. The summed E-state index contributed by atoms with van der Waals surface area (Å²) in [7, 11) is 0. The van der Waals surface area contributed by atoms with Crippen LogP contribution in [0.1, 0.15) is 20.8 Å². The highest BCUT2D eigenvalue weighted by Crippen LogP contribution is 2.33. The van der Waals surface area contributed by atoms with Crippen molar-refractivity contribution in [1.29, 1.82) is 0 Å². The second-order valence-corrected chi connectivity index (χ2v) is 8.01. The van der Waals surface area contributed by atoms with E-state index in [9.17, 15) is 4.79 Å². The van der Waals surface area contributed by atoms with Gasteiger partial charge >= 0.3 is 6.03 Å². The van der Waals surface area contributed by atoms with Crippen LogP contribution in [-0.4, -0.2) is 11.7 Å². The van der Waals surface area contributed by atoms with Crippen molar-refractivity contribution in [2.45, 2.75) is 20.8 Å². The number of quaternary nitrogens is 1. The van der Waals surface area contributed by atoms with Crippen molar-refractivity contribution in [2.75, 3.05) is 5.43 Å². The van der Waals surface area contributed by atoms with Crippen molar-refractivity contribution in [3.8, 4) is 0 Å². The molecule has 0 spiro atoms. The lowest BCUT2D eigenvalue weighted by Crippen LogP contribution is -2.51. The molecule has 1 aliphatic heterocycles. The molecule has 2 aromatic rings. The van der Waals surface area contributed by atoms with Gasteiger partial charge in [-0.15, -0.1) is 0 Å². The fourth-order valence-electron chi connectivity index (χ4n) is 2.65. The minimum atomic E-state index is -0.368. The average molecular weight is 404 g/mol. The number of carbonyl (C=O) groups excluding carboxylic acids is 1. The van der Waals surface area contributed by atoms with Crippen LogP contribution in [0.3, 0.4) is 0 Å². The van der Waals surface area contributed by atoms with Crippen LogP contribution in [-0.2, 0) is 0 Å². The van der Waals surface area contributed by atoms with Crippen molar-refractivity contribution >= 4 is 46.3 Å². The minimum Gasteiger partial charge on any atom is -0.292 e. The lowest BCUT2D eigenvalue weighted by atomic mass is 9.90. The first-order chi connectivity index (χ1) is 12.7. The summed E-state index contributed by atoms with van der Waals surface area (Å²) < 4.78 is -0.321. The van der Waals surface area contributed by atoms with Crippen LogP contribution in [0.4, 0.5) is 16.2 Å². The number of amides is 2. The van der Waals surface area contributed by atoms with Gasteiger partial charge < -0.3 is 0 Å². The van der Waals surface area contributed by atoms with Gasteiger partial charge in [0.1, 0.15) is 11.9 Å². The number of allylic oxidation sites excluding steroid dienone is 1. The predicted molar refractivity (Wildman–Crippen MR) is 113 cm³/mol. The third-order valence-electron chi connectivity index (χ3n) is 4.20. The number of nitrogens with one attached hydrogen (secondary N) is 2. The number of hydrogen-bond donors (Lipinski definition) is 2. The third-order valence-corrected chi connectivity index (χ3v) is 5.02. The summed E-state index contributed by atoms with van der Waals surface area (Å²) in [4.78, 5) is 13.2. The highest BCUT2D eigenvalue weighted by atomic mass is 35.5. The highest BCUT2D eigenvalue weighted by Gasteiger charge is 2.44. The molecule has 0 saturated carbocycles. The Morgan fingerprint density at radius 2 is 1.74 bits per heavy atom. The van der Waals surface area contributed by atoms with Gasteiger partial charge in [0.2, 0.25) is 0 Å². The summed E-state index contributed by atoms with van der Waals surface area (Å²) in [5.41, 5.74) is 7.43. The molecule has 7 heteroatoms. The molecular formula is C20H21Cl2N4O+. The number of halogens is 2. The van der Waals surface area contributed by atoms with Gasteiger partial charge in [0.25, 0.3) is 0 Å². The van der Waals surface area contributed by atoms with E-state index in [2.05, 4.69) is 31.6 Å². The van der Waals surface area contributed by atoms with E-state index in [4.69, 9.17) is 28.3 Å². The van der Waals surface area contributed by atoms with Crippen LogP contribution < -0.4 is 15.4 Å². The Labute approximate surface area is 168 Å². The van der Waals surface area contributed by atoms with Gasteiger partial charge in [-0.25, -0.2) is 10.2 Å². The number of hydrazine groups is 1. The molecule has 27 heavy (non-hydrogen) atoms. The maximum absolute atomic E-state index is 13.2. The molecule has 2 amide bonds. The minimum absolute atomic E-state index is 0.185. The van der Waals surface area contributed by atoms with E-state index >= 15 is 0 Å². The summed E-state index contributed by atoms with van der Waals surface area (Å²) in [5, 5.41) is 5.48. The van der Waals surface area contributed by atoms with Crippen LogP contribution in [0.15, 0.2) is 65.9 Å². The monoisotopic (exact) mass is 403 g/mol. The van der Waals surface area contributed by atoms with E-state index < -0.39 is 0 Å². The Morgan fingerprint density at radius 1 is 1.04 bits per heavy atom.